The van der Waals surface area contributed by atoms with Crippen LogP contribution in [0.15, 0.2) is 6.33 Å². The van der Waals surface area contributed by atoms with E-state index in [1.54, 1.807) is 0 Å². The number of ether oxygens (including phenoxy) is 1. The summed E-state index contributed by atoms with van der Waals surface area (Å²) in [5.74, 6) is -0.00492. The van der Waals surface area contributed by atoms with Gasteiger partial charge in [-0.1, -0.05) is 0 Å². The molecule has 1 fully saturated rings. The number of aliphatic carboxylic acids is 1. The second kappa shape index (κ2) is 5.94. The molecule has 110 valence electrons. The van der Waals surface area contributed by atoms with E-state index in [0.717, 1.165) is 0 Å². The van der Waals surface area contributed by atoms with Crippen LogP contribution in [0.1, 0.15) is 26.7 Å². The topological polar surface area (TPSA) is 102 Å². The van der Waals surface area contributed by atoms with E-state index in [1.807, 2.05) is 18.7 Å². The van der Waals surface area contributed by atoms with Crippen molar-refractivity contribution in [2.45, 2.75) is 32.8 Å². The molecule has 3 N–H and O–H groups in total. The van der Waals surface area contributed by atoms with Gasteiger partial charge in [-0.15, -0.1) is 0 Å². The molecule has 0 aliphatic carbocycles. The molecule has 2 rings (SSSR count). The standard InChI is InChI=1S/C13H20N4O3/c1-8(2)20-12-10(14)11(15-7-16-12)17-5-3-9(4-6-17)13(18)19/h7-9H,3-6,14H2,1-2H3,(H,18,19). The van der Waals surface area contributed by atoms with Gasteiger partial charge in [0.25, 0.3) is 0 Å². The van der Waals surface area contributed by atoms with Crippen LogP contribution < -0.4 is 15.4 Å². The molecule has 0 radical (unpaired) electrons. The van der Waals surface area contributed by atoms with Gasteiger partial charge in [-0.05, 0) is 26.7 Å². The molecular formula is C13H20N4O3. The molecule has 2 heterocycles. The van der Waals surface area contributed by atoms with Crippen molar-refractivity contribution in [1.29, 1.82) is 0 Å². The van der Waals surface area contributed by atoms with Crippen LogP contribution in [-0.2, 0) is 4.79 Å². The number of hydrogen-bond acceptors (Lipinski definition) is 6. The van der Waals surface area contributed by atoms with Crippen molar-refractivity contribution in [3.8, 4) is 5.88 Å². The van der Waals surface area contributed by atoms with E-state index in [1.165, 1.54) is 6.33 Å². The van der Waals surface area contributed by atoms with Crippen LogP contribution in [0, 0.1) is 5.92 Å². The van der Waals surface area contributed by atoms with E-state index in [2.05, 4.69) is 9.97 Å². The van der Waals surface area contributed by atoms with Gasteiger partial charge in [-0.3, -0.25) is 4.79 Å². The predicted molar refractivity (Wildman–Crippen MR) is 74.8 cm³/mol. The molecule has 7 nitrogen and oxygen atoms in total. The lowest BCUT2D eigenvalue weighted by atomic mass is 9.97. The molecule has 0 bridgehead atoms. The number of nitrogen functional groups attached to an aromatic ring is 1. The summed E-state index contributed by atoms with van der Waals surface area (Å²) in [6.07, 6.45) is 2.60. The van der Waals surface area contributed by atoms with Crippen molar-refractivity contribution >= 4 is 17.5 Å². The lowest BCUT2D eigenvalue weighted by Crippen LogP contribution is -2.37. The normalized spacial score (nSPS) is 16.4. The smallest absolute Gasteiger partial charge is 0.306 e. The van der Waals surface area contributed by atoms with Gasteiger partial charge in [0.1, 0.15) is 12.0 Å². The number of carboxylic acids is 1. The number of anilines is 2. The largest absolute Gasteiger partial charge is 0.481 e. The Morgan fingerprint density at radius 3 is 2.65 bits per heavy atom. The zero-order chi connectivity index (χ0) is 14.7. The average Bonchev–Trinajstić information content (AvgIpc) is 2.41. The lowest BCUT2D eigenvalue weighted by molar-refractivity contribution is -0.142. The Labute approximate surface area is 117 Å². The molecule has 0 aromatic carbocycles. The number of carboxylic acid groups (broad SMARTS) is 1. The number of hydrogen-bond donors (Lipinski definition) is 2. The summed E-state index contributed by atoms with van der Waals surface area (Å²) < 4.78 is 5.54. The molecule has 0 amide bonds. The van der Waals surface area contributed by atoms with Crippen LogP contribution >= 0.6 is 0 Å². The number of rotatable bonds is 4. The fraction of sp³-hybridized carbons (Fsp3) is 0.615. The Morgan fingerprint density at radius 1 is 1.45 bits per heavy atom. The highest BCUT2D eigenvalue weighted by Gasteiger charge is 2.26. The van der Waals surface area contributed by atoms with Gasteiger partial charge in [0.2, 0.25) is 5.88 Å². The summed E-state index contributed by atoms with van der Waals surface area (Å²) in [5, 5.41) is 9.00. The Morgan fingerprint density at radius 2 is 2.10 bits per heavy atom. The Hall–Kier alpha value is -2.05. The van der Waals surface area contributed by atoms with E-state index in [4.69, 9.17) is 15.6 Å². The second-order valence-corrected chi connectivity index (χ2v) is 5.18. The van der Waals surface area contributed by atoms with Crippen molar-refractivity contribution in [1.82, 2.24) is 9.97 Å². The summed E-state index contributed by atoms with van der Waals surface area (Å²) in [4.78, 5) is 21.2. The first kappa shape index (κ1) is 14.4. The highest BCUT2D eigenvalue weighted by Crippen LogP contribution is 2.31. The molecule has 20 heavy (non-hydrogen) atoms. The van der Waals surface area contributed by atoms with E-state index in [-0.39, 0.29) is 12.0 Å². The fourth-order valence-corrected chi connectivity index (χ4v) is 2.28. The zero-order valence-corrected chi connectivity index (χ0v) is 11.7. The van der Waals surface area contributed by atoms with Gasteiger partial charge < -0.3 is 20.5 Å². The molecule has 1 aliphatic heterocycles. The van der Waals surface area contributed by atoms with Crippen LogP contribution in [0.5, 0.6) is 5.88 Å². The molecule has 0 unspecified atom stereocenters. The number of nitrogens with two attached hydrogens (primary N) is 1. The summed E-state index contributed by atoms with van der Waals surface area (Å²) in [5.41, 5.74) is 6.46. The highest BCUT2D eigenvalue weighted by molar-refractivity contribution is 5.71. The molecule has 1 saturated heterocycles. The van der Waals surface area contributed by atoms with Gasteiger partial charge in [0, 0.05) is 13.1 Å². The van der Waals surface area contributed by atoms with Crippen LogP contribution in [0.3, 0.4) is 0 Å². The van der Waals surface area contributed by atoms with E-state index in [9.17, 15) is 4.79 Å². The molecule has 0 atom stereocenters. The van der Waals surface area contributed by atoms with Crippen LogP contribution in [0.2, 0.25) is 0 Å². The maximum Gasteiger partial charge on any atom is 0.306 e. The predicted octanol–water partition coefficient (Wildman–Crippen LogP) is 1.15. The minimum atomic E-state index is -0.732. The van der Waals surface area contributed by atoms with Gasteiger partial charge in [0.15, 0.2) is 5.82 Å². The van der Waals surface area contributed by atoms with Crippen LogP contribution in [0.4, 0.5) is 11.5 Å². The van der Waals surface area contributed by atoms with Gasteiger partial charge in [-0.25, -0.2) is 4.98 Å². The SMILES string of the molecule is CC(C)Oc1ncnc(N2CCC(C(=O)O)CC2)c1N. The Kier molecular flexibility index (Phi) is 4.26. The minimum Gasteiger partial charge on any atom is -0.481 e. The first-order chi connectivity index (χ1) is 9.49. The molecule has 1 aromatic rings. The Balaban J connectivity index is 2.12. The molecular weight excluding hydrogens is 260 g/mol. The van der Waals surface area contributed by atoms with Crippen molar-refractivity contribution in [2.24, 2.45) is 5.92 Å². The summed E-state index contributed by atoms with van der Waals surface area (Å²) in [6.45, 7) is 5.05. The van der Waals surface area contributed by atoms with Crippen molar-refractivity contribution in [2.75, 3.05) is 23.7 Å². The van der Waals surface area contributed by atoms with Gasteiger partial charge in [-0.2, -0.15) is 4.98 Å². The van der Waals surface area contributed by atoms with E-state index in [0.29, 0.717) is 43.3 Å². The number of carbonyl (C=O) groups is 1. The van der Waals surface area contributed by atoms with Gasteiger partial charge >= 0.3 is 5.97 Å². The molecule has 1 aliphatic rings. The van der Waals surface area contributed by atoms with Gasteiger partial charge in [0.05, 0.1) is 12.0 Å². The van der Waals surface area contributed by atoms with Crippen LogP contribution in [-0.4, -0.2) is 40.2 Å². The quantitative estimate of drug-likeness (QED) is 0.852. The highest BCUT2D eigenvalue weighted by atomic mass is 16.5. The first-order valence-corrected chi connectivity index (χ1v) is 6.74. The monoisotopic (exact) mass is 280 g/mol. The summed E-state index contributed by atoms with van der Waals surface area (Å²) in [6, 6.07) is 0. The summed E-state index contributed by atoms with van der Waals surface area (Å²) in [7, 11) is 0. The number of nitrogens with zero attached hydrogens (tertiary/aromatic N) is 3. The molecule has 7 heteroatoms. The number of aromatic nitrogens is 2. The third-order valence-electron chi connectivity index (χ3n) is 3.32. The molecule has 0 saturated carbocycles. The third-order valence-corrected chi connectivity index (χ3v) is 3.32. The van der Waals surface area contributed by atoms with Crippen molar-refractivity contribution < 1.29 is 14.6 Å². The second-order valence-electron chi connectivity index (χ2n) is 5.18. The van der Waals surface area contributed by atoms with Crippen LogP contribution in [0.25, 0.3) is 0 Å². The van der Waals surface area contributed by atoms with Crippen molar-refractivity contribution in [3.05, 3.63) is 6.33 Å². The number of piperidine rings is 1. The average molecular weight is 280 g/mol. The Bertz CT molecular complexity index is 485. The van der Waals surface area contributed by atoms with Crippen molar-refractivity contribution in [3.63, 3.8) is 0 Å². The fourth-order valence-electron chi connectivity index (χ4n) is 2.28. The third kappa shape index (κ3) is 3.09. The summed E-state index contributed by atoms with van der Waals surface area (Å²) >= 11 is 0. The maximum absolute atomic E-state index is 11.0. The lowest BCUT2D eigenvalue weighted by Gasteiger charge is -2.31. The molecule has 0 spiro atoms. The zero-order valence-electron chi connectivity index (χ0n) is 11.7. The van der Waals surface area contributed by atoms with E-state index >= 15 is 0 Å². The minimum absolute atomic E-state index is 0.0159. The molecule has 1 aromatic heterocycles. The first-order valence-electron chi connectivity index (χ1n) is 6.74. The maximum atomic E-state index is 11.0. The van der Waals surface area contributed by atoms with E-state index < -0.39 is 5.97 Å².